The van der Waals surface area contributed by atoms with Gasteiger partial charge in [-0.15, -0.1) is 0 Å². The zero-order chi connectivity index (χ0) is 24.2. The summed E-state index contributed by atoms with van der Waals surface area (Å²) in [4.78, 5) is 39.4. The third-order valence-electron chi connectivity index (χ3n) is 6.56. The molecule has 0 spiro atoms. The summed E-state index contributed by atoms with van der Waals surface area (Å²) in [5.74, 6) is -1.67. The predicted octanol–water partition coefficient (Wildman–Crippen LogP) is 0.858. The molecule has 0 aromatic carbocycles. The molecule has 1 aromatic rings. The van der Waals surface area contributed by atoms with Gasteiger partial charge in [0.05, 0.1) is 12.6 Å². The van der Waals surface area contributed by atoms with Crippen molar-refractivity contribution in [2.24, 2.45) is 5.73 Å². The lowest BCUT2D eigenvalue weighted by Gasteiger charge is -2.37. The fourth-order valence-electron chi connectivity index (χ4n) is 4.88. The summed E-state index contributed by atoms with van der Waals surface area (Å²) in [5, 5.41) is 11.7. The van der Waals surface area contributed by atoms with Gasteiger partial charge < -0.3 is 15.8 Å². The number of carbonyl (C=O) groups is 3. The molecule has 1 saturated heterocycles. The van der Waals surface area contributed by atoms with Crippen LogP contribution in [0.4, 0.5) is 0 Å². The standard InChI is InChI=1S/C22H32N4O6S/c1-16-11-12-18(26(21(29)14-20(23)28)17-8-4-2-3-5-9-17)19(27)15-25(16)33(31,32)22-10-6-7-13-24(22)30/h6-7,10,13,16-18H,2-5,8-9,11-12,14-15H2,1H3,(H2,23,28)/t16-,18+/m1/s1. The van der Waals surface area contributed by atoms with Crippen LogP contribution in [0.2, 0.25) is 0 Å². The first-order valence-corrected chi connectivity index (χ1v) is 12.9. The van der Waals surface area contributed by atoms with E-state index in [9.17, 15) is 28.0 Å². The van der Waals surface area contributed by atoms with Gasteiger partial charge in [0.15, 0.2) is 12.0 Å². The molecule has 2 atom stereocenters. The van der Waals surface area contributed by atoms with Crippen molar-refractivity contribution in [1.82, 2.24) is 9.21 Å². The van der Waals surface area contributed by atoms with Crippen molar-refractivity contribution in [3.63, 3.8) is 0 Å². The number of nitrogens with zero attached hydrogens (tertiary/aromatic N) is 3. The number of carbonyl (C=O) groups excluding carboxylic acids is 3. The number of Topliss-reactive ketones (excluding diaryl/α,β-unsaturated/α-hetero) is 1. The van der Waals surface area contributed by atoms with Gasteiger partial charge in [-0.2, -0.15) is 9.04 Å². The van der Waals surface area contributed by atoms with E-state index < -0.39 is 57.7 Å². The lowest BCUT2D eigenvalue weighted by Crippen LogP contribution is -2.53. The smallest absolute Gasteiger partial charge is 0.323 e. The van der Waals surface area contributed by atoms with Crippen LogP contribution in [-0.2, 0) is 24.4 Å². The molecule has 1 saturated carbocycles. The van der Waals surface area contributed by atoms with Crippen LogP contribution in [0.5, 0.6) is 0 Å². The summed E-state index contributed by atoms with van der Waals surface area (Å²) in [6.45, 7) is 1.24. The molecule has 2 aliphatic rings. The van der Waals surface area contributed by atoms with Gasteiger partial charge in [-0.25, -0.2) is 8.42 Å². The highest BCUT2D eigenvalue weighted by Gasteiger charge is 2.43. The third-order valence-corrected chi connectivity index (χ3v) is 8.51. The summed E-state index contributed by atoms with van der Waals surface area (Å²) in [7, 11) is -4.23. The average molecular weight is 481 g/mol. The number of sulfonamides is 1. The van der Waals surface area contributed by atoms with E-state index in [0.717, 1.165) is 49.0 Å². The molecule has 1 aliphatic carbocycles. The van der Waals surface area contributed by atoms with Gasteiger partial charge in [-0.05, 0) is 38.7 Å². The second kappa shape index (κ2) is 10.6. The van der Waals surface area contributed by atoms with Gasteiger partial charge in [-0.3, -0.25) is 14.4 Å². The van der Waals surface area contributed by atoms with E-state index in [1.165, 1.54) is 23.1 Å². The van der Waals surface area contributed by atoms with Crippen LogP contribution >= 0.6 is 0 Å². The molecule has 2 amide bonds. The molecule has 182 valence electrons. The summed E-state index contributed by atoms with van der Waals surface area (Å²) in [6.07, 6.45) is 6.59. The topological polar surface area (TPSA) is 145 Å². The Morgan fingerprint density at radius 2 is 1.82 bits per heavy atom. The third kappa shape index (κ3) is 5.70. The number of amides is 2. The number of ketones is 1. The van der Waals surface area contributed by atoms with E-state index >= 15 is 0 Å². The van der Waals surface area contributed by atoms with Gasteiger partial charge in [0.1, 0.15) is 6.42 Å². The van der Waals surface area contributed by atoms with E-state index in [2.05, 4.69) is 0 Å². The molecule has 10 nitrogen and oxygen atoms in total. The maximum Gasteiger partial charge on any atom is 0.323 e. The Kier molecular flexibility index (Phi) is 8.06. The Morgan fingerprint density at radius 1 is 1.15 bits per heavy atom. The largest absolute Gasteiger partial charge is 0.618 e. The number of hydrogen-bond donors (Lipinski definition) is 1. The second-order valence-corrected chi connectivity index (χ2v) is 10.8. The van der Waals surface area contributed by atoms with Crippen LogP contribution in [0.15, 0.2) is 29.4 Å². The SMILES string of the molecule is C[C@@H]1CC[C@H](N(C(=O)CC(N)=O)C2CCCCCC2)C(=O)CN1S(=O)(=O)c1cccc[n+]1[O-]. The first-order valence-electron chi connectivity index (χ1n) is 11.4. The lowest BCUT2D eigenvalue weighted by molar-refractivity contribution is -0.646. The Labute approximate surface area is 194 Å². The molecule has 11 heteroatoms. The minimum Gasteiger partial charge on any atom is -0.618 e. The highest BCUT2D eigenvalue weighted by atomic mass is 32.2. The van der Waals surface area contributed by atoms with Crippen molar-refractivity contribution < 1.29 is 27.5 Å². The normalized spacial score (nSPS) is 23.5. The van der Waals surface area contributed by atoms with Gasteiger partial charge in [0.2, 0.25) is 11.8 Å². The molecule has 2 fully saturated rings. The highest BCUT2D eigenvalue weighted by molar-refractivity contribution is 7.89. The Morgan fingerprint density at radius 3 is 2.42 bits per heavy atom. The van der Waals surface area contributed by atoms with Crippen LogP contribution in [0.1, 0.15) is 64.7 Å². The summed E-state index contributed by atoms with van der Waals surface area (Å²) in [6, 6.07) is 2.50. The van der Waals surface area contributed by atoms with E-state index in [1.54, 1.807) is 6.92 Å². The molecule has 2 heterocycles. The van der Waals surface area contributed by atoms with E-state index in [0.29, 0.717) is 6.42 Å². The van der Waals surface area contributed by atoms with E-state index in [1.807, 2.05) is 0 Å². The first kappa shape index (κ1) is 25.1. The average Bonchev–Trinajstić information content (AvgIpc) is 3.09. The molecular weight excluding hydrogens is 448 g/mol. The summed E-state index contributed by atoms with van der Waals surface area (Å²) in [5.41, 5.74) is 5.28. The van der Waals surface area contributed by atoms with Crippen LogP contribution in [0, 0.1) is 5.21 Å². The fraction of sp³-hybridized carbons (Fsp3) is 0.636. The summed E-state index contributed by atoms with van der Waals surface area (Å²) >= 11 is 0. The van der Waals surface area contributed by atoms with E-state index in [4.69, 9.17) is 5.73 Å². The van der Waals surface area contributed by atoms with Crippen molar-refractivity contribution in [3.8, 4) is 0 Å². The molecule has 0 unspecified atom stereocenters. The van der Waals surface area contributed by atoms with Gasteiger partial charge >= 0.3 is 15.0 Å². The molecule has 2 N–H and O–H groups in total. The van der Waals surface area contributed by atoms with Gasteiger partial charge in [0, 0.05) is 24.2 Å². The number of hydrogen-bond acceptors (Lipinski definition) is 6. The number of primary amides is 1. The number of aromatic nitrogens is 1. The zero-order valence-corrected chi connectivity index (χ0v) is 19.7. The first-order chi connectivity index (χ1) is 15.6. The Hall–Kier alpha value is -2.53. The molecule has 0 bridgehead atoms. The summed E-state index contributed by atoms with van der Waals surface area (Å²) < 4.78 is 27.8. The van der Waals surface area contributed by atoms with E-state index in [-0.39, 0.29) is 17.2 Å². The van der Waals surface area contributed by atoms with Crippen LogP contribution in [-0.4, -0.2) is 59.9 Å². The molecular formula is C22H32N4O6S. The zero-order valence-electron chi connectivity index (χ0n) is 18.9. The minimum absolute atomic E-state index is 0.190. The second-order valence-electron chi connectivity index (χ2n) is 8.91. The van der Waals surface area contributed by atoms with Crippen molar-refractivity contribution >= 4 is 27.6 Å². The molecule has 1 aliphatic heterocycles. The lowest BCUT2D eigenvalue weighted by atomic mass is 9.98. The van der Waals surface area contributed by atoms with Crippen molar-refractivity contribution in [3.05, 3.63) is 29.6 Å². The van der Waals surface area contributed by atoms with Gasteiger partial charge in [-0.1, -0.05) is 25.7 Å². The quantitative estimate of drug-likeness (QED) is 0.277. The molecule has 33 heavy (non-hydrogen) atoms. The number of nitrogens with two attached hydrogens (primary N) is 1. The monoisotopic (exact) mass is 480 g/mol. The van der Waals surface area contributed by atoms with Crippen LogP contribution < -0.4 is 10.5 Å². The highest BCUT2D eigenvalue weighted by Crippen LogP contribution is 2.29. The number of rotatable bonds is 6. The Balaban J connectivity index is 1.92. The maximum absolute atomic E-state index is 13.4. The van der Waals surface area contributed by atoms with Crippen molar-refractivity contribution in [1.29, 1.82) is 0 Å². The van der Waals surface area contributed by atoms with Crippen molar-refractivity contribution in [2.75, 3.05) is 6.54 Å². The Bertz CT molecular complexity index is 990. The maximum atomic E-state index is 13.4. The fourth-order valence-corrected chi connectivity index (χ4v) is 6.53. The predicted molar refractivity (Wildman–Crippen MR) is 119 cm³/mol. The minimum atomic E-state index is -4.23. The molecule has 3 rings (SSSR count). The molecule has 0 radical (unpaired) electrons. The van der Waals surface area contributed by atoms with Crippen molar-refractivity contribution in [2.45, 2.75) is 87.9 Å². The van der Waals surface area contributed by atoms with Crippen LogP contribution in [0.25, 0.3) is 0 Å². The molecule has 1 aromatic heterocycles. The van der Waals surface area contributed by atoms with Gasteiger partial charge in [0.25, 0.3) is 0 Å². The number of pyridine rings is 1. The van der Waals surface area contributed by atoms with Crippen LogP contribution in [0.3, 0.4) is 0 Å².